The molecular formula is C17H19NO3S2. The summed E-state index contributed by atoms with van der Waals surface area (Å²) in [4.78, 5) is 13.6. The SMILES string of the molecule is Cc1ccc(S(C)(=O)=O)cc1NC(=O)C(C)Sc1ccccc1. The van der Waals surface area contributed by atoms with E-state index < -0.39 is 9.84 Å². The zero-order chi connectivity index (χ0) is 17.0. The highest BCUT2D eigenvalue weighted by Crippen LogP contribution is 2.25. The highest BCUT2D eigenvalue weighted by molar-refractivity contribution is 8.00. The summed E-state index contributed by atoms with van der Waals surface area (Å²) < 4.78 is 23.3. The lowest BCUT2D eigenvalue weighted by Gasteiger charge is -2.14. The van der Waals surface area contributed by atoms with Crippen molar-refractivity contribution in [1.82, 2.24) is 0 Å². The number of carbonyl (C=O) groups is 1. The van der Waals surface area contributed by atoms with Crippen LogP contribution in [0.1, 0.15) is 12.5 Å². The zero-order valence-electron chi connectivity index (χ0n) is 13.2. The Balaban J connectivity index is 2.13. The van der Waals surface area contributed by atoms with Crippen molar-refractivity contribution in [3.63, 3.8) is 0 Å². The average Bonchev–Trinajstić information content (AvgIpc) is 2.49. The predicted molar refractivity (Wildman–Crippen MR) is 94.7 cm³/mol. The standard InChI is InChI=1S/C17H19NO3S2/c1-12-9-10-15(23(3,20)21)11-16(12)18-17(19)13(2)22-14-7-5-4-6-8-14/h4-11,13H,1-3H3,(H,18,19). The molecule has 1 N–H and O–H groups in total. The van der Waals surface area contributed by atoms with Gasteiger partial charge in [0, 0.05) is 16.8 Å². The van der Waals surface area contributed by atoms with E-state index in [1.165, 1.54) is 17.8 Å². The van der Waals surface area contributed by atoms with E-state index in [1.54, 1.807) is 12.1 Å². The molecule has 1 amide bonds. The lowest BCUT2D eigenvalue weighted by molar-refractivity contribution is -0.115. The Bertz CT molecular complexity index is 802. The van der Waals surface area contributed by atoms with Gasteiger partial charge in [0.2, 0.25) is 5.91 Å². The van der Waals surface area contributed by atoms with Crippen LogP contribution in [0.4, 0.5) is 5.69 Å². The second-order valence-corrected chi connectivity index (χ2v) is 8.74. The van der Waals surface area contributed by atoms with E-state index in [0.29, 0.717) is 5.69 Å². The summed E-state index contributed by atoms with van der Waals surface area (Å²) in [7, 11) is -3.30. The first-order valence-electron chi connectivity index (χ1n) is 7.10. The third-order valence-corrected chi connectivity index (χ3v) is 5.54. The highest BCUT2D eigenvalue weighted by Gasteiger charge is 2.16. The summed E-state index contributed by atoms with van der Waals surface area (Å²) in [5.74, 6) is -0.160. The minimum atomic E-state index is -3.30. The van der Waals surface area contributed by atoms with Crippen molar-refractivity contribution < 1.29 is 13.2 Å². The predicted octanol–water partition coefficient (Wildman–Crippen LogP) is 3.52. The van der Waals surface area contributed by atoms with Crippen LogP contribution < -0.4 is 5.32 Å². The van der Waals surface area contributed by atoms with Gasteiger partial charge >= 0.3 is 0 Å². The number of aryl methyl sites for hydroxylation is 1. The van der Waals surface area contributed by atoms with Gasteiger partial charge in [-0.3, -0.25) is 4.79 Å². The lowest BCUT2D eigenvalue weighted by Crippen LogP contribution is -2.23. The van der Waals surface area contributed by atoms with Gasteiger partial charge in [-0.1, -0.05) is 24.3 Å². The molecule has 0 fully saturated rings. The Morgan fingerprint density at radius 2 is 1.78 bits per heavy atom. The number of benzene rings is 2. The molecule has 0 aliphatic rings. The molecule has 0 radical (unpaired) electrons. The number of sulfone groups is 1. The summed E-state index contributed by atoms with van der Waals surface area (Å²) in [6, 6.07) is 14.4. The summed E-state index contributed by atoms with van der Waals surface area (Å²) in [6.07, 6.45) is 1.15. The molecule has 1 atom stereocenters. The number of amides is 1. The molecule has 0 aliphatic heterocycles. The summed E-state index contributed by atoms with van der Waals surface area (Å²) >= 11 is 1.46. The van der Waals surface area contributed by atoms with Gasteiger partial charge in [-0.05, 0) is 43.7 Å². The maximum atomic E-state index is 12.3. The second-order valence-electron chi connectivity index (χ2n) is 5.31. The summed E-state index contributed by atoms with van der Waals surface area (Å²) in [6.45, 7) is 3.65. The first kappa shape index (κ1) is 17.6. The fourth-order valence-electron chi connectivity index (χ4n) is 1.96. The molecule has 2 rings (SSSR count). The molecule has 2 aromatic rings. The number of anilines is 1. The van der Waals surface area contributed by atoms with Gasteiger partial charge in [0.05, 0.1) is 10.1 Å². The molecule has 0 aromatic heterocycles. The fourth-order valence-corrected chi connectivity index (χ4v) is 3.49. The molecule has 2 aromatic carbocycles. The molecule has 0 heterocycles. The number of rotatable bonds is 5. The van der Waals surface area contributed by atoms with Gasteiger partial charge in [-0.25, -0.2) is 8.42 Å². The fraction of sp³-hybridized carbons (Fsp3) is 0.235. The van der Waals surface area contributed by atoms with Crippen molar-refractivity contribution in [1.29, 1.82) is 0 Å². The first-order valence-corrected chi connectivity index (χ1v) is 9.88. The molecule has 0 saturated carbocycles. The molecule has 0 aliphatic carbocycles. The Morgan fingerprint density at radius 1 is 1.13 bits per heavy atom. The van der Waals surface area contributed by atoms with Crippen LogP contribution in [0.25, 0.3) is 0 Å². The van der Waals surface area contributed by atoms with Crippen molar-refractivity contribution in [2.75, 3.05) is 11.6 Å². The Labute approximate surface area is 141 Å². The quantitative estimate of drug-likeness (QED) is 0.839. The summed E-state index contributed by atoms with van der Waals surface area (Å²) in [5.41, 5.74) is 1.35. The smallest absolute Gasteiger partial charge is 0.237 e. The monoisotopic (exact) mass is 349 g/mol. The van der Waals surface area contributed by atoms with Crippen LogP contribution in [0.2, 0.25) is 0 Å². The van der Waals surface area contributed by atoms with Gasteiger partial charge in [0.15, 0.2) is 9.84 Å². The maximum Gasteiger partial charge on any atom is 0.237 e. The van der Waals surface area contributed by atoms with E-state index in [2.05, 4.69) is 5.32 Å². The van der Waals surface area contributed by atoms with Crippen LogP contribution in [-0.4, -0.2) is 25.8 Å². The van der Waals surface area contributed by atoms with Gasteiger partial charge < -0.3 is 5.32 Å². The molecule has 23 heavy (non-hydrogen) atoms. The number of nitrogens with one attached hydrogen (secondary N) is 1. The van der Waals surface area contributed by atoms with Crippen LogP contribution in [0, 0.1) is 6.92 Å². The van der Waals surface area contributed by atoms with Gasteiger partial charge in [-0.15, -0.1) is 11.8 Å². The van der Waals surface area contributed by atoms with E-state index in [4.69, 9.17) is 0 Å². The molecule has 6 heteroatoms. The van der Waals surface area contributed by atoms with Gasteiger partial charge in [0.1, 0.15) is 0 Å². The third kappa shape index (κ3) is 4.84. The Hall–Kier alpha value is -1.79. The van der Waals surface area contributed by atoms with E-state index in [-0.39, 0.29) is 16.1 Å². The van der Waals surface area contributed by atoms with Crippen LogP contribution in [0.3, 0.4) is 0 Å². The largest absolute Gasteiger partial charge is 0.325 e. The number of hydrogen-bond donors (Lipinski definition) is 1. The minimum Gasteiger partial charge on any atom is -0.325 e. The Morgan fingerprint density at radius 3 is 2.39 bits per heavy atom. The van der Waals surface area contributed by atoms with E-state index in [0.717, 1.165) is 16.7 Å². The molecule has 0 spiro atoms. The normalized spacial score (nSPS) is 12.7. The van der Waals surface area contributed by atoms with Gasteiger partial charge in [-0.2, -0.15) is 0 Å². The van der Waals surface area contributed by atoms with Crippen LogP contribution in [0.15, 0.2) is 58.3 Å². The van der Waals surface area contributed by atoms with Crippen LogP contribution in [0.5, 0.6) is 0 Å². The van der Waals surface area contributed by atoms with E-state index in [1.807, 2.05) is 44.2 Å². The Kier molecular flexibility index (Phi) is 5.49. The maximum absolute atomic E-state index is 12.3. The molecule has 0 bridgehead atoms. The summed E-state index contributed by atoms with van der Waals surface area (Å²) in [5, 5.41) is 2.53. The van der Waals surface area contributed by atoms with Crippen LogP contribution in [-0.2, 0) is 14.6 Å². The zero-order valence-corrected chi connectivity index (χ0v) is 14.9. The van der Waals surface area contributed by atoms with Crippen molar-refractivity contribution in [3.8, 4) is 0 Å². The first-order chi connectivity index (χ1) is 10.8. The van der Waals surface area contributed by atoms with Crippen LogP contribution >= 0.6 is 11.8 Å². The number of carbonyl (C=O) groups excluding carboxylic acids is 1. The molecule has 122 valence electrons. The lowest BCUT2D eigenvalue weighted by atomic mass is 10.2. The topological polar surface area (TPSA) is 63.2 Å². The van der Waals surface area contributed by atoms with E-state index in [9.17, 15) is 13.2 Å². The number of thioether (sulfide) groups is 1. The van der Waals surface area contributed by atoms with E-state index >= 15 is 0 Å². The molecule has 1 unspecified atom stereocenters. The van der Waals surface area contributed by atoms with Crippen molar-refractivity contribution in [2.24, 2.45) is 0 Å². The minimum absolute atomic E-state index is 0.160. The molecular weight excluding hydrogens is 330 g/mol. The van der Waals surface area contributed by atoms with Crippen molar-refractivity contribution in [2.45, 2.75) is 28.9 Å². The molecule has 4 nitrogen and oxygen atoms in total. The molecule has 0 saturated heterocycles. The third-order valence-electron chi connectivity index (χ3n) is 3.32. The average molecular weight is 349 g/mol. The second kappa shape index (κ2) is 7.19. The number of hydrogen-bond acceptors (Lipinski definition) is 4. The highest BCUT2D eigenvalue weighted by atomic mass is 32.2. The van der Waals surface area contributed by atoms with Crippen molar-refractivity contribution in [3.05, 3.63) is 54.1 Å². The van der Waals surface area contributed by atoms with Gasteiger partial charge in [0.25, 0.3) is 0 Å². The van der Waals surface area contributed by atoms with Crippen molar-refractivity contribution >= 4 is 33.2 Å².